The van der Waals surface area contributed by atoms with Crippen LogP contribution in [0.3, 0.4) is 0 Å². The van der Waals surface area contributed by atoms with Crippen molar-refractivity contribution in [3.8, 4) is 11.3 Å². The van der Waals surface area contributed by atoms with Crippen LogP contribution in [0.2, 0.25) is 0 Å². The number of aromatic nitrogens is 3. The fraction of sp³-hybridized carbons (Fsp3) is 0.263. The zero-order valence-corrected chi connectivity index (χ0v) is 16.6. The second-order valence-electron chi connectivity index (χ2n) is 7.23. The number of H-pyrrole nitrogens is 1. The lowest BCUT2D eigenvalue weighted by atomic mass is 10.1. The predicted octanol–water partition coefficient (Wildman–Crippen LogP) is 6.34. The van der Waals surface area contributed by atoms with Crippen molar-refractivity contribution in [1.82, 2.24) is 15.2 Å². The Kier molecular flexibility index (Phi) is 4.49. The summed E-state index contributed by atoms with van der Waals surface area (Å²) in [5.74, 6) is 0.848. The van der Waals surface area contributed by atoms with Crippen molar-refractivity contribution in [3.63, 3.8) is 0 Å². The molecule has 0 spiro atoms. The number of hydrogen-bond donors (Lipinski definition) is 2. The molecule has 1 aliphatic heterocycles. The van der Waals surface area contributed by atoms with Crippen LogP contribution in [0.1, 0.15) is 18.4 Å². The Bertz CT molecular complexity index is 1030. The molecule has 1 saturated heterocycles. The number of rotatable bonds is 6. The van der Waals surface area contributed by atoms with Gasteiger partial charge < -0.3 is 10.2 Å². The van der Waals surface area contributed by atoms with Crippen LogP contribution in [0.5, 0.6) is 0 Å². The molecule has 3 aromatic rings. The zero-order valence-electron chi connectivity index (χ0n) is 15.8. The molecule has 30 heavy (non-hydrogen) atoms. The van der Waals surface area contributed by atoms with E-state index in [2.05, 4.69) is 25.4 Å². The van der Waals surface area contributed by atoms with Crippen molar-refractivity contribution in [2.45, 2.75) is 24.3 Å². The van der Waals surface area contributed by atoms with E-state index in [1.807, 2.05) is 12.1 Å². The van der Waals surface area contributed by atoms with Gasteiger partial charge >= 0.3 is 10.2 Å². The predicted molar refractivity (Wildman–Crippen MR) is 108 cm³/mol. The minimum absolute atomic E-state index is 0.268. The highest BCUT2D eigenvalue weighted by Crippen LogP contribution is 3.02. The van der Waals surface area contributed by atoms with Crippen LogP contribution in [-0.2, 0) is 6.54 Å². The Morgan fingerprint density at radius 2 is 1.70 bits per heavy atom. The number of benzene rings is 1. The zero-order chi connectivity index (χ0) is 21.5. The van der Waals surface area contributed by atoms with Crippen LogP contribution < -0.4 is 10.2 Å². The highest BCUT2D eigenvalue weighted by atomic mass is 32.5. The molecule has 162 valence electrons. The number of halogens is 5. The minimum Gasteiger partial charge on any atom is -0.381 e. The van der Waals surface area contributed by atoms with Gasteiger partial charge in [0.15, 0.2) is 0 Å². The van der Waals surface area contributed by atoms with Gasteiger partial charge in [0.1, 0.15) is 10.7 Å². The highest BCUT2D eigenvalue weighted by molar-refractivity contribution is 8.45. The number of hydrogen-bond acceptors (Lipinski definition) is 4. The Labute approximate surface area is 170 Å². The SMILES string of the molecule is FS(F)(F)(F)(F)c1ccc(NCc2cnc(N3CCCC3)c(-c3ccn[nH]3)c2)cc1. The first-order valence-electron chi connectivity index (χ1n) is 9.31. The highest BCUT2D eigenvalue weighted by Gasteiger charge is 2.65. The third kappa shape index (κ3) is 4.50. The lowest BCUT2D eigenvalue weighted by Gasteiger charge is -2.40. The number of anilines is 2. The maximum Gasteiger partial charge on any atom is 0.310 e. The van der Waals surface area contributed by atoms with E-state index in [4.69, 9.17) is 0 Å². The Morgan fingerprint density at radius 1 is 1.00 bits per heavy atom. The van der Waals surface area contributed by atoms with Crippen LogP contribution in [-0.4, -0.2) is 28.3 Å². The molecule has 2 N–H and O–H groups in total. The Balaban J connectivity index is 1.53. The molecule has 0 amide bonds. The number of nitrogens with one attached hydrogen (secondary N) is 2. The van der Waals surface area contributed by atoms with Crippen molar-refractivity contribution in [2.75, 3.05) is 23.3 Å². The van der Waals surface area contributed by atoms with Gasteiger partial charge in [0.25, 0.3) is 0 Å². The van der Waals surface area contributed by atoms with Gasteiger partial charge in [0, 0.05) is 43.3 Å². The molecular formula is C19H20F5N5S. The third-order valence-electron chi connectivity index (χ3n) is 4.92. The molecule has 0 saturated carbocycles. The number of aromatic amines is 1. The molecule has 0 atom stereocenters. The van der Waals surface area contributed by atoms with Gasteiger partial charge in [-0.05, 0) is 54.8 Å². The quantitative estimate of drug-likeness (QED) is 0.435. The Morgan fingerprint density at radius 3 is 2.30 bits per heavy atom. The van der Waals surface area contributed by atoms with Gasteiger partial charge in [-0.1, -0.05) is 19.4 Å². The molecule has 0 aliphatic carbocycles. The van der Waals surface area contributed by atoms with E-state index in [0.717, 1.165) is 60.7 Å². The van der Waals surface area contributed by atoms with Crippen molar-refractivity contribution in [1.29, 1.82) is 0 Å². The molecule has 4 rings (SSSR count). The summed E-state index contributed by atoms with van der Waals surface area (Å²) in [5, 5.41) is 9.87. The van der Waals surface area contributed by atoms with Crippen molar-refractivity contribution in [3.05, 3.63) is 54.4 Å². The molecule has 11 heteroatoms. The first-order chi connectivity index (χ1) is 14.0. The molecular weight excluding hydrogens is 425 g/mol. The van der Waals surface area contributed by atoms with Gasteiger partial charge in [-0.15, -0.1) is 0 Å². The molecule has 3 heterocycles. The van der Waals surface area contributed by atoms with Crippen LogP contribution in [0.4, 0.5) is 30.9 Å². The average molecular weight is 445 g/mol. The van der Waals surface area contributed by atoms with Crippen molar-refractivity contribution in [2.24, 2.45) is 0 Å². The van der Waals surface area contributed by atoms with E-state index in [-0.39, 0.29) is 6.54 Å². The van der Waals surface area contributed by atoms with Crippen LogP contribution in [0.15, 0.2) is 53.7 Å². The summed E-state index contributed by atoms with van der Waals surface area (Å²) < 4.78 is 64.2. The average Bonchev–Trinajstić information content (AvgIpc) is 3.38. The van der Waals surface area contributed by atoms with Crippen LogP contribution in [0, 0.1) is 0 Å². The van der Waals surface area contributed by atoms with Crippen LogP contribution in [0.25, 0.3) is 11.3 Å². The number of pyridine rings is 1. The second-order valence-corrected chi connectivity index (χ2v) is 9.64. The molecule has 0 bridgehead atoms. The smallest absolute Gasteiger partial charge is 0.310 e. The van der Waals surface area contributed by atoms with Crippen LogP contribution >= 0.6 is 10.2 Å². The lowest BCUT2D eigenvalue weighted by molar-refractivity contribution is 0.364. The number of nitrogens with zero attached hydrogens (tertiary/aromatic N) is 3. The summed E-state index contributed by atoms with van der Waals surface area (Å²) in [6.07, 6.45) is 5.54. The van der Waals surface area contributed by atoms with E-state index in [0.29, 0.717) is 17.8 Å². The van der Waals surface area contributed by atoms with Crippen molar-refractivity contribution >= 4 is 21.7 Å². The van der Waals surface area contributed by atoms with E-state index < -0.39 is 15.1 Å². The maximum atomic E-state index is 12.8. The fourth-order valence-electron chi connectivity index (χ4n) is 3.42. The van der Waals surface area contributed by atoms with E-state index in [1.165, 1.54) is 0 Å². The van der Waals surface area contributed by atoms with Gasteiger partial charge in [0.2, 0.25) is 0 Å². The summed E-state index contributed by atoms with van der Waals surface area (Å²) in [4.78, 5) is 4.89. The first-order valence-corrected chi connectivity index (χ1v) is 11.3. The largest absolute Gasteiger partial charge is 0.381 e. The van der Waals surface area contributed by atoms with Gasteiger partial charge in [0.05, 0.1) is 5.69 Å². The summed E-state index contributed by atoms with van der Waals surface area (Å²) in [7, 11) is -9.66. The van der Waals surface area contributed by atoms with Gasteiger partial charge in [-0.2, -0.15) is 5.10 Å². The minimum atomic E-state index is -9.66. The monoisotopic (exact) mass is 445 g/mol. The molecule has 1 aromatic carbocycles. The standard InChI is InChI=1S/C19H20F5N5S/c20-30(21,22,23,24)16-5-3-15(4-6-16)25-12-14-11-17(18-7-8-27-28-18)19(26-13-14)29-9-1-2-10-29/h3-8,11,13,25H,1-2,9-10,12H2,(H,27,28). The van der Waals surface area contributed by atoms with E-state index in [1.54, 1.807) is 12.4 Å². The van der Waals surface area contributed by atoms with Gasteiger partial charge in [-0.3, -0.25) is 5.10 Å². The third-order valence-corrected chi connectivity index (χ3v) is 6.08. The maximum absolute atomic E-state index is 12.8. The second kappa shape index (κ2) is 6.59. The molecule has 1 aliphatic rings. The molecule has 0 unspecified atom stereocenters. The molecule has 1 fully saturated rings. The summed E-state index contributed by atoms with van der Waals surface area (Å²) in [5.41, 5.74) is 2.78. The summed E-state index contributed by atoms with van der Waals surface area (Å²) in [6, 6.07) is 6.56. The van der Waals surface area contributed by atoms with E-state index >= 15 is 0 Å². The Hall–Kier alpha value is -2.82. The normalized spacial score (nSPS) is 16.9. The topological polar surface area (TPSA) is 56.8 Å². The lowest BCUT2D eigenvalue weighted by Crippen LogP contribution is -2.20. The van der Waals surface area contributed by atoms with E-state index in [9.17, 15) is 19.4 Å². The molecule has 0 radical (unpaired) electrons. The first kappa shape index (κ1) is 20.5. The van der Waals surface area contributed by atoms with Gasteiger partial charge in [-0.25, -0.2) is 4.98 Å². The summed E-state index contributed by atoms with van der Waals surface area (Å²) in [6.45, 7) is 2.11. The molecule has 2 aromatic heterocycles. The molecule has 5 nitrogen and oxygen atoms in total. The van der Waals surface area contributed by atoms with Crippen molar-refractivity contribution < 1.29 is 19.4 Å². The fourth-order valence-corrected chi connectivity index (χ4v) is 4.07. The summed E-state index contributed by atoms with van der Waals surface area (Å²) >= 11 is 0.